The van der Waals surface area contributed by atoms with Crippen LogP contribution >= 0.6 is 12.6 Å². The van der Waals surface area contributed by atoms with Crippen LogP contribution in [0, 0.1) is 5.92 Å². The highest BCUT2D eigenvalue weighted by Gasteiger charge is 2.07. The van der Waals surface area contributed by atoms with Gasteiger partial charge in [-0.15, -0.1) is 12.6 Å². The Kier molecular flexibility index (Phi) is 3.87. The minimum absolute atomic E-state index is 0.248. The van der Waals surface area contributed by atoms with Crippen molar-refractivity contribution in [2.75, 3.05) is 6.54 Å². The monoisotopic (exact) mass is 162 g/mol. The van der Waals surface area contributed by atoms with E-state index in [1.807, 2.05) is 0 Å². The normalized spacial score (nSPS) is 12.2. The minimum Gasteiger partial charge on any atom is -0.352 e. The summed E-state index contributed by atoms with van der Waals surface area (Å²) in [7, 11) is 0. The molecule has 0 spiro atoms. The van der Waals surface area contributed by atoms with Crippen LogP contribution in [0.5, 0.6) is 0 Å². The van der Waals surface area contributed by atoms with E-state index in [9.17, 15) is 9.59 Å². The Morgan fingerprint density at radius 2 is 2.20 bits per heavy atom. The van der Waals surface area contributed by atoms with E-state index in [2.05, 4.69) is 17.9 Å². The van der Waals surface area contributed by atoms with E-state index in [4.69, 9.17) is 5.73 Å². The van der Waals surface area contributed by atoms with Crippen LogP contribution in [0.2, 0.25) is 0 Å². The van der Waals surface area contributed by atoms with Crippen molar-refractivity contribution in [3.05, 3.63) is 0 Å². The third-order valence-electron chi connectivity index (χ3n) is 1.00. The quantitative estimate of drug-likeness (QED) is 0.500. The smallest absolute Gasteiger partial charge is 0.312 e. The first kappa shape index (κ1) is 9.29. The van der Waals surface area contributed by atoms with Crippen LogP contribution in [-0.4, -0.2) is 17.7 Å². The van der Waals surface area contributed by atoms with E-state index < -0.39 is 6.03 Å². The summed E-state index contributed by atoms with van der Waals surface area (Å²) >= 11 is 3.56. The summed E-state index contributed by atoms with van der Waals surface area (Å²) in [5.41, 5.74) is 4.75. The van der Waals surface area contributed by atoms with Crippen molar-refractivity contribution in [2.45, 2.75) is 6.92 Å². The maximum absolute atomic E-state index is 10.4. The summed E-state index contributed by atoms with van der Waals surface area (Å²) < 4.78 is 0. The molecule has 1 atom stereocenters. The Bertz CT molecular complexity index is 149. The first-order chi connectivity index (χ1) is 4.54. The van der Waals surface area contributed by atoms with Crippen LogP contribution in [0.1, 0.15) is 6.92 Å². The lowest BCUT2D eigenvalue weighted by Gasteiger charge is -2.05. The van der Waals surface area contributed by atoms with Crippen molar-refractivity contribution in [3.63, 3.8) is 0 Å². The molecular weight excluding hydrogens is 152 g/mol. The van der Waals surface area contributed by atoms with Gasteiger partial charge in [-0.3, -0.25) is 4.79 Å². The number of nitrogens with two attached hydrogens (primary N) is 1. The third kappa shape index (κ3) is 4.20. The zero-order valence-corrected chi connectivity index (χ0v) is 6.52. The largest absolute Gasteiger partial charge is 0.352 e. The molecule has 0 aromatic carbocycles. The molecule has 3 N–H and O–H groups in total. The SMILES string of the molecule is CC(CNC(N)=O)C(=O)S. The van der Waals surface area contributed by atoms with Crippen molar-refractivity contribution >= 4 is 23.8 Å². The minimum atomic E-state index is -0.624. The molecule has 0 saturated heterocycles. The number of nitrogens with one attached hydrogen (secondary N) is 1. The van der Waals surface area contributed by atoms with Crippen molar-refractivity contribution in [1.82, 2.24) is 5.32 Å². The Hall–Kier alpha value is -0.710. The van der Waals surface area contributed by atoms with Gasteiger partial charge < -0.3 is 11.1 Å². The van der Waals surface area contributed by atoms with Crippen molar-refractivity contribution in [1.29, 1.82) is 0 Å². The van der Waals surface area contributed by atoms with Gasteiger partial charge in [0.05, 0.1) is 0 Å². The van der Waals surface area contributed by atoms with Crippen LogP contribution < -0.4 is 11.1 Å². The van der Waals surface area contributed by atoms with Gasteiger partial charge in [0.15, 0.2) is 5.12 Å². The number of hydrogen-bond donors (Lipinski definition) is 3. The topological polar surface area (TPSA) is 72.2 Å². The second-order valence-electron chi connectivity index (χ2n) is 1.98. The molecule has 0 aromatic heterocycles. The van der Waals surface area contributed by atoms with Gasteiger partial charge in [0.2, 0.25) is 0 Å². The zero-order valence-electron chi connectivity index (χ0n) is 5.63. The number of carbonyl (C=O) groups excluding carboxylic acids is 2. The van der Waals surface area contributed by atoms with Gasteiger partial charge in [-0.05, 0) is 0 Å². The van der Waals surface area contributed by atoms with Gasteiger partial charge in [-0.25, -0.2) is 4.79 Å². The molecule has 0 aliphatic heterocycles. The van der Waals surface area contributed by atoms with E-state index in [0.717, 1.165) is 0 Å². The molecule has 58 valence electrons. The highest BCUT2D eigenvalue weighted by Crippen LogP contribution is 1.96. The lowest BCUT2D eigenvalue weighted by Crippen LogP contribution is -2.34. The Labute approximate surface area is 64.6 Å². The Morgan fingerprint density at radius 1 is 1.70 bits per heavy atom. The fraction of sp³-hybridized carbons (Fsp3) is 0.600. The van der Waals surface area contributed by atoms with Gasteiger partial charge in [0.25, 0.3) is 0 Å². The Morgan fingerprint density at radius 3 is 2.50 bits per heavy atom. The van der Waals surface area contributed by atoms with E-state index in [1.165, 1.54) is 0 Å². The highest BCUT2D eigenvalue weighted by molar-refractivity contribution is 7.96. The van der Waals surface area contributed by atoms with E-state index >= 15 is 0 Å². The molecule has 4 nitrogen and oxygen atoms in total. The summed E-state index contributed by atoms with van der Waals surface area (Å²) in [6.07, 6.45) is 0. The summed E-state index contributed by atoms with van der Waals surface area (Å²) in [6.45, 7) is 1.91. The summed E-state index contributed by atoms with van der Waals surface area (Å²) in [6, 6.07) is -0.624. The number of amides is 2. The van der Waals surface area contributed by atoms with Gasteiger partial charge >= 0.3 is 6.03 Å². The standard InChI is InChI=1S/C5H10N2O2S/c1-3(4(8)10)2-7-5(6)9/h3H,2H2,1H3,(H,8,10)(H3,6,7,9). The molecule has 0 saturated carbocycles. The molecule has 5 heteroatoms. The second kappa shape index (κ2) is 4.16. The molecule has 0 heterocycles. The molecular formula is C5H10N2O2S. The molecule has 10 heavy (non-hydrogen) atoms. The number of primary amides is 1. The molecule has 2 amide bonds. The van der Waals surface area contributed by atoms with Crippen LogP contribution in [0.25, 0.3) is 0 Å². The molecule has 1 unspecified atom stereocenters. The van der Waals surface area contributed by atoms with Gasteiger partial charge in [-0.2, -0.15) is 0 Å². The first-order valence-electron chi connectivity index (χ1n) is 2.80. The van der Waals surface area contributed by atoms with Gasteiger partial charge in [-0.1, -0.05) is 6.92 Å². The first-order valence-corrected chi connectivity index (χ1v) is 3.25. The van der Waals surface area contributed by atoms with Crippen LogP contribution in [0.4, 0.5) is 4.79 Å². The van der Waals surface area contributed by atoms with E-state index in [0.29, 0.717) is 0 Å². The van der Waals surface area contributed by atoms with E-state index in [1.54, 1.807) is 6.92 Å². The average molecular weight is 162 g/mol. The fourth-order valence-corrected chi connectivity index (χ4v) is 0.432. The second-order valence-corrected chi connectivity index (χ2v) is 2.43. The number of rotatable bonds is 3. The maximum Gasteiger partial charge on any atom is 0.312 e. The fourth-order valence-electron chi connectivity index (χ4n) is 0.341. The number of urea groups is 1. The maximum atomic E-state index is 10.4. The zero-order chi connectivity index (χ0) is 8.15. The van der Waals surface area contributed by atoms with Crippen molar-refractivity contribution in [3.8, 4) is 0 Å². The number of hydrogen-bond acceptors (Lipinski definition) is 2. The van der Waals surface area contributed by atoms with E-state index in [-0.39, 0.29) is 17.6 Å². The van der Waals surface area contributed by atoms with Crippen LogP contribution in [0.3, 0.4) is 0 Å². The van der Waals surface area contributed by atoms with Crippen molar-refractivity contribution < 1.29 is 9.59 Å². The summed E-state index contributed by atoms with van der Waals surface area (Å²) in [5.74, 6) is -0.282. The summed E-state index contributed by atoms with van der Waals surface area (Å²) in [5, 5.41) is 2.04. The predicted molar refractivity (Wildman–Crippen MR) is 40.7 cm³/mol. The van der Waals surface area contributed by atoms with Gasteiger partial charge in [0.1, 0.15) is 0 Å². The molecule has 0 fully saturated rings. The highest BCUT2D eigenvalue weighted by atomic mass is 32.1. The number of carbonyl (C=O) groups is 2. The van der Waals surface area contributed by atoms with Gasteiger partial charge in [0, 0.05) is 12.5 Å². The predicted octanol–water partition coefficient (Wildman–Crippen LogP) is -0.253. The van der Waals surface area contributed by atoms with Crippen LogP contribution in [-0.2, 0) is 4.79 Å². The molecule has 0 aliphatic carbocycles. The lowest BCUT2D eigenvalue weighted by molar-refractivity contribution is -0.113. The lowest BCUT2D eigenvalue weighted by atomic mass is 10.2. The molecule has 0 bridgehead atoms. The summed E-state index contributed by atoms with van der Waals surface area (Å²) in [4.78, 5) is 20.5. The molecule has 0 radical (unpaired) electrons. The molecule has 0 aliphatic rings. The molecule has 0 rings (SSSR count). The third-order valence-corrected chi connectivity index (χ3v) is 1.44. The Balaban J connectivity index is 3.49. The molecule has 0 aromatic rings. The average Bonchev–Trinajstić information content (AvgIpc) is 1.82. The van der Waals surface area contributed by atoms with Crippen LogP contribution in [0.15, 0.2) is 0 Å². The van der Waals surface area contributed by atoms with Crippen molar-refractivity contribution in [2.24, 2.45) is 11.7 Å². The number of thiol groups is 1.